The molecule has 0 saturated carbocycles. The number of anilines is 2. The molecule has 2 aromatic rings. The molecule has 0 unspecified atom stereocenters. The van der Waals surface area contributed by atoms with Gasteiger partial charge >= 0.3 is 0 Å². The normalized spacial score (nSPS) is 17.9. The Balaban J connectivity index is 1.63. The van der Waals surface area contributed by atoms with E-state index in [1.165, 1.54) is 24.3 Å². The average Bonchev–Trinajstić information content (AvgIpc) is 2.64. The number of nitrogens with one attached hydrogen (secondary N) is 1. The third kappa shape index (κ3) is 4.95. The standard InChI is InChI=1S/C19H23FN2O3S/c1-25-19-3-2-12-22(13-19)18-10-8-17(9-11-18)21-26(23,24)14-15-4-6-16(20)7-5-15/h4-11,19,21H,2-3,12-14H2,1H3/t19-/m1/s1. The van der Waals surface area contributed by atoms with Crippen LogP contribution >= 0.6 is 0 Å². The second kappa shape index (κ2) is 8.05. The van der Waals surface area contributed by atoms with Gasteiger partial charge in [0.2, 0.25) is 10.0 Å². The summed E-state index contributed by atoms with van der Waals surface area (Å²) in [4.78, 5) is 2.24. The van der Waals surface area contributed by atoms with Gasteiger partial charge in [0.25, 0.3) is 0 Å². The second-order valence-corrected chi connectivity index (χ2v) is 8.20. The van der Waals surface area contributed by atoms with E-state index in [1.807, 2.05) is 12.1 Å². The highest BCUT2D eigenvalue weighted by Crippen LogP contribution is 2.23. The highest BCUT2D eigenvalue weighted by atomic mass is 32.2. The third-order valence-corrected chi connectivity index (χ3v) is 5.75. The summed E-state index contributed by atoms with van der Waals surface area (Å²) in [6, 6.07) is 12.8. The first-order valence-corrected chi connectivity index (χ1v) is 10.2. The topological polar surface area (TPSA) is 58.6 Å². The number of benzene rings is 2. The Kier molecular flexibility index (Phi) is 5.78. The molecule has 5 nitrogen and oxygen atoms in total. The number of rotatable bonds is 6. The molecule has 0 aromatic heterocycles. The molecule has 1 saturated heterocycles. The van der Waals surface area contributed by atoms with Crippen LogP contribution in [-0.4, -0.2) is 34.7 Å². The summed E-state index contributed by atoms with van der Waals surface area (Å²) in [5.74, 6) is -0.584. The summed E-state index contributed by atoms with van der Waals surface area (Å²) in [6.45, 7) is 1.81. The van der Waals surface area contributed by atoms with Crippen molar-refractivity contribution >= 4 is 21.4 Å². The largest absolute Gasteiger partial charge is 0.380 e. The summed E-state index contributed by atoms with van der Waals surface area (Å²) in [6.07, 6.45) is 2.37. The molecule has 1 aliphatic heterocycles. The van der Waals surface area contributed by atoms with Gasteiger partial charge in [-0.05, 0) is 54.8 Å². The summed E-state index contributed by atoms with van der Waals surface area (Å²) in [5.41, 5.74) is 2.10. The maximum absolute atomic E-state index is 12.9. The fourth-order valence-corrected chi connectivity index (χ4v) is 4.32. The van der Waals surface area contributed by atoms with Crippen LogP contribution < -0.4 is 9.62 Å². The third-order valence-electron chi connectivity index (χ3n) is 4.49. The first-order valence-electron chi connectivity index (χ1n) is 8.58. The zero-order valence-corrected chi connectivity index (χ0v) is 15.5. The summed E-state index contributed by atoms with van der Waals surface area (Å²) >= 11 is 0. The fourth-order valence-electron chi connectivity index (χ4n) is 3.12. The minimum Gasteiger partial charge on any atom is -0.380 e. The van der Waals surface area contributed by atoms with Crippen LogP contribution in [0.4, 0.5) is 15.8 Å². The second-order valence-electron chi connectivity index (χ2n) is 6.48. The Hall–Kier alpha value is -2.12. The molecule has 1 heterocycles. The Labute approximate surface area is 153 Å². The zero-order chi connectivity index (χ0) is 18.6. The molecule has 1 N–H and O–H groups in total. The van der Waals surface area contributed by atoms with Crippen LogP contribution in [0.25, 0.3) is 0 Å². The van der Waals surface area contributed by atoms with Crippen molar-refractivity contribution in [2.24, 2.45) is 0 Å². The predicted molar refractivity (Wildman–Crippen MR) is 101 cm³/mol. The van der Waals surface area contributed by atoms with Crippen molar-refractivity contribution in [3.63, 3.8) is 0 Å². The SMILES string of the molecule is CO[C@@H]1CCCN(c2ccc(NS(=O)(=O)Cc3ccc(F)cc3)cc2)C1. The predicted octanol–water partition coefficient (Wildman–Crippen LogP) is 3.38. The van der Waals surface area contributed by atoms with Crippen molar-refractivity contribution in [3.8, 4) is 0 Å². The molecule has 1 fully saturated rings. The van der Waals surface area contributed by atoms with Crippen molar-refractivity contribution in [1.82, 2.24) is 0 Å². The van der Waals surface area contributed by atoms with E-state index in [4.69, 9.17) is 4.74 Å². The highest BCUT2D eigenvalue weighted by Gasteiger charge is 2.19. The lowest BCUT2D eigenvalue weighted by Crippen LogP contribution is -2.39. The van der Waals surface area contributed by atoms with Gasteiger partial charge in [-0.15, -0.1) is 0 Å². The van der Waals surface area contributed by atoms with Gasteiger partial charge in [0, 0.05) is 31.6 Å². The monoisotopic (exact) mass is 378 g/mol. The van der Waals surface area contributed by atoms with Crippen LogP contribution in [-0.2, 0) is 20.5 Å². The van der Waals surface area contributed by atoms with E-state index in [0.29, 0.717) is 11.3 Å². The van der Waals surface area contributed by atoms with E-state index in [0.717, 1.165) is 31.6 Å². The molecular weight excluding hydrogens is 355 g/mol. The minimum absolute atomic E-state index is 0.198. The van der Waals surface area contributed by atoms with Gasteiger partial charge in [-0.3, -0.25) is 4.72 Å². The molecule has 7 heteroatoms. The van der Waals surface area contributed by atoms with E-state index in [2.05, 4.69) is 9.62 Å². The minimum atomic E-state index is -3.56. The van der Waals surface area contributed by atoms with E-state index in [1.54, 1.807) is 19.2 Å². The number of methoxy groups -OCH3 is 1. The van der Waals surface area contributed by atoms with Gasteiger partial charge in [-0.25, -0.2) is 12.8 Å². The van der Waals surface area contributed by atoms with Crippen LogP contribution in [0, 0.1) is 5.82 Å². The number of hydrogen-bond donors (Lipinski definition) is 1. The van der Waals surface area contributed by atoms with Gasteiger partial charge in [-0.1, -0.05) is 12.1 Å². The Bertz CT molecular complexity index is 823. The van der Waals surface area contributed by atoms with Crippen molar-refractivity contribution in [1.29, 1.82) is 0 Å². The smallest absolute Gasteiger partial charge is 0.236 e. The maximum atomic E-state index is 12.9. The number of ether oxygens (including phenoxy) is 1. The van der Waals surface area contributed by atoms with E-state index in [-0.39, 0.29) is 17.7 Å². The van der Waals surface area contributed by atoms with Crippen molar-refractivity contribution in [2.45, 2.75) is 24.7 Å². The summed E-state index contributed by atoms with van der Waals surface area (Å²) < 4.78 is 45.5. The van der Waals surface area contributed by atoms with Gasteiger partial charge in [0.05, 0.1) is 11.9 Å². The lowest BCUT2D eigenvalue weighted by Gasteiger charge is -2.33. The van der Waals surface area contributed by atoms with Crippen LogP contribution in [0.15, 0.2) is 48.5 Å². The molecule has 140 valence electrons. The van der Waals surface area contributed by atoms with E-state index in [9.17, 15) is 12.8 Å². The molecular formula is C19H23FN2O3S. The molecule has 0 bridgehead atoms. The van der Waals surface area contributed by atoms with E-state index >= 15 is 0 Å². The number of hydrogen-bond acceptors (Lipinski definition) is 4. The molecule has 0 radical (unpaired) electrons. The number of sulfonamides is 1. The highest BCUT2D eigenvalue weighted by molar-refractivity contribution is 7.91. The quantitative estimate of drug-likeness (QED) is 0.837. The molecule has 2 aromatic carbocycles. The van der Waals surface area contributed by atoms with Gasteiger partial charge in [0.1, 0.15) is 5.82 Å². The maximum Gasteiger partial charge on any atom is 0.236 e. The van der Waals surface area contributed by atoms with Crippen molar-refractivity contribution < 1.29 is 17.5 Å². The van der Waals surface area contributed by atoms with Gasteiger partial charge < -0.3 is 9.64 Å². The molecule has 1 atom stereocenters. The number of halogens is 1. The number of piperidine rings is 1. The number of nitrogens with zero attached hydrogens (tertiary/aromatic N) is 1. The zero-order valence-electron chi connectivity index (χ0n) is 14.7. The molecule has 26 heavy (non-hydrogen) atoms. The van der Waals surface area contributed by atoms with Gasteiger partial charge in [-0.2, -0.15) is 0 Å². The van der Waals surface area contributed by atoms with Gasteiger partial charge in [0.15, 0.2) is 0 Å². The molecule has 3 rings (SSSR count). The molecule has 1 aliphatic rings. The summed E-state index contributed by atoms with van der Waals surface area (Å²) in [7, 11) is -1.83. The molecule has 0 amide bonds. The fraction of sp³-hybridized carbons (Fsp3) is 0.368. The van der Waals surface area contributed by atoms with Crippen molar-refractivity contribution in [3.05, 3.63) is 59.9 Å². The van der Waals surface area contributed by atoms with E-state index < -0.39 is 10.0 Å². The van der Waals surface area contributed by atoms with Crippen LogP contribution in [0.5, 0.6) is 0 Å². The lowest BCUT2D eigenvalue weighted by molar-refractivity contribution is 0.0893. The lowest BCUT2D eigenvalue weighted by atomic mass is 10.1. The Morgan fingerprint density at radius 1 is 1.15 bits per heavy atom. The first kappa shape index (κ1) is 18.7. The summed E-state index contributed by atoms with van der Waals surface area (Å²) in [5, 5.41) is 0. The molecule has 0 aliphatic carbocycles. The Morgan fingerprint density at radius 3 is 2.50 bits per heavy atom. The van der Waals surface area contributed by atoms with Crippen LogP contribution in [0.2, 0.25) is 0 Å². The van der Waals surface area contributed by atoms with Crippen LogP contribution in [0.1, 0.15) is 18.4 Å². The molecule has 0 spiro atoms. The average molecular weight is 378 g/mol. The van der Waals surface area contributed by atoms with Crippen molar-refractivity contribution in [2.75, 3.05) is 29.8 Å². The first-order chi connectivity index (χ1) is 12.4. The Morgan fingerprint density at radius 2 is 1.85 bits per heavy atom. The van der Waals surface area contributed by atoms with Crippen LogP contribution in [0.3, 0.4) is 0 Å².